The third kappa shape index (κ3) is 1.61. The number of hydrogen-bond donors (Lipinski definition) is 0. The van der Waals surface area contributed by atoms with E-state index in [4.69, 9.17) is 4.74 Å². The first-order valence-electron chi connectivity index (χ1n) is 6.67. The zero-order chi connectivity index (χ0) is 12.7. The van der Waals surface area contributed by atoms with Gasteiger partial charge in [0.25, 0.3) is 0 Å². The van der Waals surface area contributed by atoms with Gasteiger partial charge in [-0.3, -0.25) is 4.79 Å². The second-order valence-corrected chi connectivity index (χ2v) is 5.36. The maximum atomic E-state index is 12.0. The van der Waals surface area contributed by atoms with Crippen LogP contribution in [0.3, 0.4) is 0 Å². The summed E-state index contributed by atoms with van der Waals surface area (Å²) in [6.45, 7) is 2.27. The van der Waals surface area contributed by atoms with Crippen LogP contribution in [0.4, 0.5) is 5.69 Å². The number of rotatable bonds is 1. The minimum Gasteiger partial charge on any atom is -0.469 e. The molecule has 1 aromatic carbocycles. The topological polar surface area (TPSA) is 29.5 Å². The molecule has 1 aromatic rings. The minimum absolute atomic E-state index is 0.0854. The van der Waals surface area contributed by atoms with E-state index >= 15 is 0 Å². The zero-order valence-corrected chi connectivity index (χ0v) is 10.9. The van der Waals surface area contributed by atoms with Crippen LogP contribution < -0.4 is 4.90 Å². The molecule has 3 heteroatoms. The van der Waals surface area contributed by atoms with Crippen molar-refractivity contribution in [1.29, 1.82) is 0 Å². The molecule has 0 aromatic heterocycles. The van der Waals surface area contributed by atoms with Crippen LogP contribution in [0.15, 0.2) is 24.3 Å². The first-order valence-corrected chi connectivity index (χ1v) is 6.67. The summed E-state index contributed by atoms with van der Waals surface area (Å²) < 4.78 is 4.96. The average Bonchev–Trinajstić information content (AvgIpc) is 2.79. The summed E-state index contributed by atoms with van der Waals surface area (Å²) in [5.41, 5.74) is 2.36. The molecule has 3 nitrogen and oxygen atoms in total. The summed E-state index contributed by atoms with van der Waals surface area (Å²) in [5, 5.41) is 0. The number of benzene rings is 1. The highest BCUT2D eigenvalue weighted by Crippen LogP contribution is 2.44. The van der Waals surface area contributed by atoms with Gasteiger partial charge >= 0.3 is 5.97 Å². The molecule has 18 heavy (non-hydrogen) atoms. The Hall–Kier alpha value is -1.51. The van der Waals surface area contributed by atoms with E-state index in [-0.39, 0.29) is 11.9 Å². The van der Waals surface area contributed by atoms with Crippen LogP contribution in [0.2, 0.25) is 0 Å². The van der Waals surface area contributed by atoms with Gasteiger partial charge in [-0.25, -0.2) is 0 Å². The molecule has 2 aliphatic rings. The van der Waals surface area contributed by atoms with Crippen LogP contribution in [0.1, 0.15) is 37.7 Å². The van der Waals surface area contributed by atoms with E-state index in [1.165, 1.54) is 25.6 Å². The third-order valence-corrected chi connectivity index (χ3v) is 4.37. The van der Waals surface area contributed by atoms with Crippen molar-refractivity contribution in [2.45, 2.75) is 44.2 Å². The molecule has 0 saturated carbocycles. The van der Waals surface area contributed by atoms with Gasteiger partial charge in [0, 0.05) is 17.8 Å². The smallest absolute Gasteiger partial charge is 0.313 e. The molecule has 0 radical (unpaired) electrons. The van der Waals surface area contributed by atoms with Gasteiger partial charge in [-0.2, -0.15) is 0 Å². The quantitative estimate of drug-likeness (QED) is 0.712. The number of methoxy groups -OCH3 is 1. The molecule has 1 saturated heterocycles. The molecule has 2 heterocycles. The summed E-state index contributed by atoms with van der Waals surface area (Å²) >= 11 is 0. The lowest BCUT2D eigenvalue weighted by atomic mass is 9.86. The first kappa shape index (κ1) is 11.6. The van der Waals surface area contributed by atoms with E-state index in [2.05, 4.69) is 30.0 Å². The molecule has 0 spiro atoms. The van der Waals surface area contributed by atoms with Gasteiger partial charge in [-0.05, 0) is 37.8 Å². The number of nitrogens with zero attached hydrogens (tertiary/aromatic N) is 1. The van der Waals surface area contributed by atoms with Crippen LogP contribution >= 0.6 is 0 Å². The number of fused-ring (bicyclic) bond motifs is 3. The Morgan fingerprint density at radius 2 is 2.11 bits per heavy atom. The highest BCUT2D eigenvalue weighted by molar-refractivity contribution is 5.82. The molecule has 1 fully saturated rings. The number of hydrogen-bond acceptors (Lipinski definition) is 3. The summed E-state index contributed by atoms with van der Waals surface area (Å²) in [6.07, 6.45) is 3.30. The van der Waals surface area contributed by atoms with Crippen LogP contribution in [0, 0.1) is 0 Å². The molecular formula is C15H19NO2. The fraction of sp³-hybridized carbons (Fsp3) is 0.533. The van der Waals surface area contributed by atoms with E-state index in [0.29, 0.717) is 12.1 Å². The van der Waals surface area contributed by atoms with Crippen molar-refractivity contribution in [1.82, 2.24) is 0 Å². The Morgan fingerprint density at radius 1 is 1.33 bits per heavy atom. The molecule has 3 rings (SSSR count). The summed E-state index contributed by atoms with van der Waals surface area (Å²) in [6, 6.07) is 9.35. The van der Waals surface area contributed by atoms with Gasteiger partial charge in [0.2, 0.25) is 0 Å². The lowest BCUT2D eigenvalue weighted by Gasteiger charge is -2.39. The molecule has 0 N–H and O–H groups in total. The van der Waals surface area contributed by atoms with E-state index in [0.717, 1.165) is 12.0 Å². The van der Waals surface area contributed by atoms with Crippen molar-refractivity contribution in [3.8, 4) is 0 Å². The Kier molecular flexibility index (Phi) is 2.77. The van der Waals surface area contributed by atoms with Crippen molar-refractivity contribution in [2.75, 3.05) is 12.0 Å². The molecule has 0 unspecified atom stereocenters. The van der Waals surface area contributed by atoms with Gasteiger partial charge in [0.1, 0.15) is 0 Å². The van der Waals surface area contributed by atoms with Crippen molar-refractivity contribution in [2.24, 2.45) is 0 Å². The Labute approximate surface area is 108 Å². The van der Waals surface area contributed by atoms with Gasteiger partial charge in [0.15, 0.2) is 0 Å². The summed E-state index contributed by atoms with van der Waals surface area (Å²) in [5.74, 6) is -0.181. The van der Waals surface area contributed by atoms with Crippen molar-refractivity contribution >= 4 is 11.7 Å². The molecule has 96 valence electrons. The number of esters is 1. The number of ether oxygens (including phenoxy) is 1. The zero-order valence-electron chi connectivity index (χ0n) is 10.9. The fourth-order valence-corrected chi connectivity index (χ4v) is 3.52. The van der Waals surface area contributed by atoms with E-state index in [1.807, 2.05) is 6.07 Å². The standard InChI is InChI=1S/C15H19NO2/c1-10-7-8-11-9-13(15(17)18-2)12-5-3-4-6-14(12)16(10)11/h3-6,10-11,13H,7-9H2,1-2H3/t10-,11-,13+/m1/s1. The maximum absolute atomic E-state index is 12.0. The number of carbonyl (C=O) groups is 1. The molecule has 3 atom stereocenters. The minimum atomic E-state index is -0.0957. The highest BCUT2D eigenvalue weighted by Gasteiger charge is 2.41. The van der Waals surface area contributed by atoms with Crippen molar-refractivity contribution in [3.05, 3.63) is 29.8 Å². The second kappa shape index (κ2) is 4.30. The van der Waals surface area contributed by atoms with Crippen LogP contribution in [-0.2, 0) is 9.53 Å². The van der Waals surface area contributed by atoms with E-state index in [1.54, 1.807) is 0 Å². The fourth-order valence-electron chi connectivity index (χ4n) is 3.52. The number of carbonyl (C=O) groups excluding carboxylic acids is 1. The molecule has 0 bridgehead atoms. The molecule has 0 amide bonds. The highest BCUT2D eigenvalue weighted by atomic mass is 16.5. The SMILES string of the molecule is COC(=O)[C@H]1C[C@H]2CC[C@@H](C)N2c2ccccc21. The Morgan fingerprint density at radius 3 is 2.89 bits per heavy atom. The van der Waals surface area contributed by atoms with Gasteiger partial charge < -0.3 is 9.64 Å². The predicted octanol–water partition coefficient (Wildman–Crippen LogP) is 2.70. The maximum Gasteiger partial charge on any atom is 0.313 e. The van der Waals surface area contributed by atoms with E-state index in [9.17, 15) is 4.79 Å². The lowest BCUT2D eigenvalue weighted by Crippen LogP contribution is -2.41. The van der Waals surface area contributed by atoms with Gasteiger partial charge in [-0.1, -0.05) is 18.2 Å². The second-order valence-electron chi connectivity index (χ2n) is 5.36. The van der Waals surface area contributed by atoms with Crippen LogP contribution in [0.25, 0.3) is 0 Å². The predicted molar refractivity (Wildman–Crippen MR) is 70.8 cm³/mol. The normalized spacial score (nSPS) is 29.7. The monoisotopic (exact) mass is 245 g/mol. The molecular weight excluding hydrogens is 226 g/mol. The van der Waals surface area contributed by atoms with Gasteiger partial charge in [0.05, 0.1) is 13.0 Å². The molecule has 0 aliphatic carbocycles. The van der Waals surface area contributed by atoms with Gasteiger partial charge in [-0.15, -0.1) is 0 Å². The lowest BCUT2D eigenvalue weighted by molar-refractivity contribution is -0.142. The van der Waals surface area contributed by atoms with Crippen LogP contribution in [0.5, 0.6) is 0 Å². The Balaban J connectivity index is 2.06. The summed E-state index contributed by atoms with van der Waals surface area (Å²) in [4.78, 5) is 14.5. The van der Waals surface area contributed by atoms with E-state index < -0.39 is 0 Å². The van der Waals surface area contributed by atoms with Crippen molar-refractivity contribution < 1.29 is 9.53 Å². The molecule has 2 aliphatic heterocycles. The average molecular weight is 245 g/mol. The van der Waals surface area contributed by atoms with Crippen LogP contribution in [-0.4, -0.2) is 25.2 Å². The third-order valence-electron chi connectivity index (χ3n) is 4.37. The number of anilines is 1. The Bertz CT molecular complexity index is 471. The van der Waals surface area contributed by atoms with Crippen molar-refractivity contribution in [3.63, 3.8) is 0 Å². The first-order chi connectivity index (χ1) is 8.72. The summed E-state index contributed by atoms with van der Waals surface area (Å²) in [7, 11) is 1.48. The number of para-hydroxylation sites is 1. The largest absolute Gasteiger partial charge is 0.469 e.